The molecule has 70 valence electrons. The van der Waals surface area contributed by atoms with Gasteiger partial charge in [0.15, 0.2) is 0 Å². The number of ether oxygens (including phenoxy) is 1. The molecule has 12 heavy (non-hydrogen) atoms. The van der Waals surface area contributed by atoms with E-state index in [1.807, 2.05) is 13.8 Å². The van der Waals surface area contributed by atoms with E-state index in [4.69, 9.17) is 17.0 Å². The van der Waals surface area contributed by atoms with Gasteiger partial charge in [0, 0.05) is 0 Å². The number of nitrogens with one attached hydrogen (secondary N) is 1. The van der Waals surface area contributed by atoms with Gasteiger partial charge in [-0.15, -0.1) is 12.6 Å². The molecule has 2 nitrogen and oxygen atoms in total. The van der Waals surface area contributed by atoms with Crippen LogP contribution in [-0.4, -0.2) is 20.8 Å². The van der Waals surface area contributed by atoms with E-state index in [0.29, 0.717) is 10.9 Å². The van der Waals surface area contributed by atoms with Crippen molar-refractivity contribution in [3.63, 3.8) is 0 Å². The summed E-state index contributed by atoms with van der Waals surface area (Å²) in [6, 6.07) is 0. The number of rotatable bonds is 3. The van der Waals surface area contributed by atoms with Crippen LogP contribution in [0, 0.1) is 0 Å². The molecule has 0 aromatic rings. The third-order valence-electron chi connectivity index (χ3n) is 1.03. The van der Waals surface area contributed by atoms with Gasteiger partial charge in [0.2, 0.25) is 4.38 Å². The minimum atomic E-state index is -0.411. The quantitative estimate of drug-likeness (QED) is 0.517. The van der Waals surface area contributed by atoms with Crippen LogP contribution in [0.3, 0.4) is 0 Å². The van der Waals surface area contributed by atoms with Crippen LogP contribution in [0.25, 0.3) is 0 Å². The van der Waals surface area contributed by atoms with Gasteiger partial charge in [0.05, 0.1) is 6.54 Å². The van der Waals surface area contributed by atoms with Crippen molar-refractivity contribution >= 4 is 58.4 Å². The van der Waals surface area contributed by atoms with Gasteiger partial charge in [0.25, 0.3) is 0 Å². The molecule has 0 bridgehead atoms. The molecule has 0 atom stereocenters. The summed E-state index contributed by atoms with van der Waals surface area (Å²) in [6.07, 6.45) is 0. The maximum atomic E-state index is 5.23. The van der Waals surface area contributed by atoms with E-state index in [-0.39, 0.29) is 4.38 Å². The molecule has 0 aliphatic carbocycles. The fourth-order valence-corrected chi connectivity index (χ4v) is 1.18. The van der Waals surface area contributed by atoms with E-state index in [1.165, 1.54) is 0 Å². The Labute approximate surface area is 94.3 Å². The molecular formula is C6H11NOS4. The third kappa shape index (κ3) is 7.15. The Balaban J connectivity index is 3.86. The molecule has 0 aromatic heterocycles. The summed E-state index contributed by atoms with van der Waals surface area (Å²) in [5.41, 5.74) is -0.411. The van der Waals surface area contributed by atoms with Crippen LogP contribution >= 0.6 is 49.7 Å². The first kappa shape index (κ1) is 12.5. The SMILES string of the molecule is CC(C)(CNC(=S)S)OC(=S)S. The molecule has 0 radical (unpaired) electrons. The fraction of sp³-hybridized carbons (Fsp3) is 0.667. The Bertz CT molecular complexity index is 192. The molecule has 0 saturated carbocycles. The van der Waals surface area contributed by atoms with Gasteiger partial charge >= 0.3 is 0 Å². The predicted octanol–water partition coefficient (Wildman–Crippen LogP) is 1.80. The Morgan fingerprint density at radius 1 is 1.42 bits per heavy atom. The van der Waals surface area contributed by atoms with Crippen molar-refractivity contribution in [2.24, 2.45) is 0 Å². The minimum Gasteiger partial charge on any atom is -0.471 e. The Hall–Kier alpha value is 0.480. The van der Waals surface area contributed by atoms with Crippen molar-refractivity contribution in [1.29, 1.82) is 0 Å². The molecule has 0 aliphatic rings. The molecule has 0 unspecified atom stereocenters. The van der Waals surface area contributed by atoms with E-state index >= 15 is 0 Å². The highest BCUT2D eigenvalue weighted by Crippen LogP contribution is 2.10. The second-order valence-corrected chi connectivity index (χ2v) is 5.02. The second kappa shape index (κ2) is 5.26. The normalized spacial score (nSPS) is 10.7. The topological polar surface area (TPSA) is 21.3 Å². The van der Waals surface area contributed by atoms with Crippen LogP contribution in [0.4, 0.5) is 0 Å². The Kier molecular flexibility index (Phi) is 5.47. The fourth-order valence-electron chi connectivity index (χ4n) is 0.561. The van der Waals surface area contributed by atoms with Crippen LogP contribution in [0.2, 0.25) is 0 Å². The van der Waals surface area contributed by atoms with E-state index in [2.05, 4.69) is 42.8 Å². The monoisotopic (exact) mass is 241 g/mol. The van der Waals surface area contributed by atoms with Gasteiger partial charge in [-0.3, -0.25) is 0 Å². The van der Waals surface area contributed by atoms with Crippen LogP contribution in [0.1, 0.15) is 13.8 Å². The largest absolute Gasteiger partial charge is 0.471 e. The van der Waals surface area contributed by atoms with E-state index in [9.17, 15) is 0 Å². The molecule has 0 rings (SSSR count). The molecule has 6 heteroatoms. The highest BCUT2D eigenvalue weighted by Gasteiger charge is 2.19. The average Bonchev–Trinajstić information content (AvgIpc) is 1.81. The standard InChI is InChI=1S/C6H11NOS4/c1-6(2,8-5(11)12)3-7-4(9)10/h3H2,1-2H3,(H,11,12)(H2,7,9,10). The first-order valence-electron chi connectivity index (χ1n) is 3.22. The van der Waals surface area contributed by atoms with Crippen molar-refractivity contribution in [3.05, 3.63) is 0 Å². The number of thiocarbonyl (C=S) groups is 2. The summed E-state index contributed by atoms with van der Waals surface area (Å²) < 4.78 is 5.90. The summed E-state index contributed by atoms with van der Waals surface area (Å²) in [7, 11) is 0. The van der Waals surface area contributed by atoms with Crippen LogP contribution < -0.4 is 5.32 Å². The zero-order valence-corrected chi connectivity index (χ0v) is 10.2. The minimum absolute atomic E-state index is 0.229. The number of thiol groups is 2. The van der Waals surface area contributed by atoms with Crippen molar-refractivity contribution in [2.75, 3.05) is 6.54 Å². The van der Waals surface area contributed by atoms with Gasteiger partial charge in [-0.2, -0.15) is 0 Å². The van der Waals surface area contributed by atoms with Gasteiger partial charge in [0.1, 0.15) is 9.92 Å². The zero-order chi connectivity index (χ0) is 9.78. The van der Waals surface area contributed by atoms with E-state index < -0.39 is 5.60 Å². The lowest BCUT2D eigenvalue weighted by Gasteiger charge is -2.25. The molecule has 0 heterocycles. The van der Waals surface area contributed by atoms with Gasteiger partial charge < -0.3 is 10.1 Å². The van der Waals surface area contributed by atoms with Crippen molar-refractivity contribution in [3.8, 4) is 0 Å². The number of hydrogen-bond acceptors (Lipinski definition) is 3. The van der Waals surface area contributed by atoms with Gasteiger partial charge in [-0.1, -0.05) is 24.8 Å². The molecule has 1 N–H and O–H groups in total. The van der Waals surface area contributed by atoms with Crippen LogP contribution in [0.5, 0.6) is 0 Å². The summed E-state index contributed by atoms with van der Waals surface area (Å²) in [6.45, 7) is 4.32. The molecular weight excluding hydrogens is 230 g/mol. The first-order chi connectivity index (χ1) is 5.33. The number of hydrogen-bond donors (Lipinski definition) is 3. The van der Waals surface area contributed by atoms with Crippen LogP contribution in [0.15, 0.2) is 0 Å². The summed E-state index contributed by atoms with van der Waals surface area (Å²) in [5, 5.41) is 2.87. The lowest BCUT2D eigenvalue weighted by atomic mass is 10.1. The maximum absolute atomic E-state index is 5.23. The molecule has 0 spiro atoms. The highest BCUT2D eigenvalue weighted by atomic mass is 32.1. The van der Waals surface area contributed by atoms with E-state index in [0.717, 1.165) is 0 Å². The predicted molar refractivity (Wildman–Crippen MR) is 66.3 cm³/mol. The lowest BCUT2D eigenvalue weighted by molar-refractivity contribution is 0.110. The van der Waals surface area contributed by atoms with Crippen molar-refractivity contribution in [1.82, 2.24) is 5.32 Å². The Morgan fingerprint density at radius 3 is 2.25 bits per heavy atom. The molecule has 0 amide bonds. The molecule has 0 fully saturated rings. The maximum Gasteiger partial charge on any atom is 0.217 e. The highest BCUT2D eigenvalue weighted by molar-refractivity contribution is 8.11. The molecule has 0 saturated heterocycles. The first-order valence-corrected chi connectivity index (χ1v) is 4.93. The van der Waals surface area contributed by atoms with Crippen molar-refractivity contribution < 1.29 is 4.74 Å². The smallest absolute Gasteiger partial charge is 0.217 e. The van der Waals surface area contributed by atoms with Crippen LogP contribution in [-0.2, 0) is 4.74 Å². The van der Waals surface area contributed by atoms with Crippen molar-refractivity contribution in [2.45, 2.75) is 19.4 Å². The second-order valence-electron chi connectivity index (χ2n) is 2.79. The van der Waals surface area contributed by atoms with Gasteiger partial charge in [-0.25, -0.2) is 0 Å². The molecule has 0 aromatic carbocycles. The summed E-state index contributed by atoms with van der Waals surface area (Å²) >= 11 is 17.2. The van der Waals surface area contributed by atoms with Gasteiger partial charge in [-0.05, 0) is 26.1 Å². The van der Waals surface area contributed by atoms with E-state index in [1.54, 1.807) is 0 Å². The molecule has 0 aliphatic heterocycles. The third-order valence-corrected chi connectivity index (χ3v) is 1.51. The average molecular weight is 241 g/mol. The lowest BCUT2D eigenvalue weighted by Crippen LogP contribution is -2.39. The Morgan fingerprint density at radius 2 is 1.92 bits per heavy atom. The summed E-state index contributed by atoms with van der Waals surface area (Å²) in [5.74, 6) is 0. The summed E-state index contributed by atoms with van der Waals surface area (Å²) in [4.78, 5) is 0. The zero-order valence-electron chi connectivity index (χ0n) is 6.83.